The van der Waals surface area contributed by atoms with Crippen molar-refractivity contribution in [3.05, 3.63) is 35.4 Å². The lowest BCUT2D eigenvalue weighted by atomic mass is 10.1. The second-order valence-corrected chi connectivity index (χ2v) is 4.82. The third-order valence-electron chi connectivity index (χ3n) is 2.40. The number of carbonyl (C=O) groups excluding carboxylic acids is 1. The van der Waals surface area contributed by atoms with E-state index in [9.17, 15) is 9.59 Å². The molecule has 5 heteroatoms. The van der Waals surface area contributed by atoms with Crippen LogP contribution in [0.15, 0.2) is 24.3 Å². The first-order valence-electron chi connectivity index (χ1n) is 5.56. The largest absolute Gasteiger partial charge is 0.481 e. The van der Waals surface area contributed by atoms with Crippen molar-refractivity contribution in [3.8, 4) is 0 Å². The summed E-state index contributed by atoms with van der Waals surface area (Å²) >= 11 is 1.60. The number of carboxylic acids is 1. The maximum absolute atomic E-state index is 10.9. The van der Waals surface area contributed by atoms with Crippen molar-refractivity contribution in [2.75, 3.05) is 12.9 Å². The van der Waals surface area contributed by atoms with E-state index in [0.29, 0.717) is 17.9 Å². The van der Waals surface area contributed by atoms with Crippen molar-refractivity contribution in [1.82, 2.24) is 0 Å². The Morgan fingerprint density at radius 2 is 1.94 bits per heavy atom. The molecule has 1 rings (SSSR count). The van der Waals surface area contributed by atoms with Gasteiger partial charge in [-0.15, -0.1) is 0 Å². The summed E-state index contributed by atoms with van der Waals surface area (Å²) in [6.07, 6.45) is 0.413. The molecule has 0 unspecified atom stereocenters. The van der Waals surface area contributed by atoms with E-state index in [1.807, 2.05) is 24.3 Å². The van der Waals surface area contributed by atoms with Crippen molar-refractivity contribution >= 4 is 23.7 Å². The van der Waals surface area contributed by atoms with Gasteiger partial charge >= 0.3 is 11.9 Å². The molecular weight excluding hydrogens is 252 g/mol. The minimum Gasteiger partial charge on any atom is -0.481 e. The van der Waals surface area contributed by atoms with Crippen LogP contribution in [0.3, 0.4) is 0 Å². The average molecular weight is 268 g/mol. The molecule has 1 aromatic carbocycles. The van der Waals surface area contributed by atoms with E-state index < -0.39 is 5.97 Å². The third-order valence-corrected chi connectivity index (χ3v) is 3.40. The van der Waals surface area contributed by atoms with Crippen LogP contribution in [-0.4, -0.2) is 29.9 Å². The molecule has 0 aliphatic heterocycles. The van der Waals surface area contributed by atoms with Gasteiger partial charge in [0.05, 0.1) is 20.0 Å². The molecule has 0 radical (unpaired) electrons. The number of aliphatic carboxylic acids is 1. The highest BCUT2D eigenvalue weighted by molar-refractivity contribution is 7.98. The van der Waals surface area contributed by atoms with E-state index in [-0.39, 0.29) is 12.4 Å². The zero-order chi connectivity index (χ0) is 13.4. The SMILES string of the molecule is COC(=O)CCSCc1ccccc1CC(=O)O. The predicted octanol–water partition coefficient (Wildman–Crippen LogP) is 2.11. The Balaban J connectivity index is 2.46. The third kappa shape index (κ3) is 5.23. The van der Waals surface area contributed by atoms with Gasteiger partial charge in [-0.2, -0.15) is 11.8 Å². The van der Waals surface area contributed by atoms with Gasteiger partial charge in [0.25, 0.3) is 0 Å². The van der Waals surface area contributed by atoms with Crippen molar-refractivity contribution in [2.24, 2.45) is 0 Å². The lowest BCUT2D eigenvalue weighted by molar-refractivity contribution is -0.140. The molecule has 98 valence electrons. The first kappa shape index (κ1) is 14.6. The maximum Gasteiger partial charge on any atom is 0.307 e. The molecule has 18 heavy (non-hydrogen) atoms. The smallest absolute Gasteiger partial charge is 0.307 e. The number of methoxy groups -OCH3 is 1. The molecule has 0 fully saturated rings. The van der Waals surface area contributed by atoms with Gasteiger partial charge in [0, 0.05) is 11.5 Å². The molecular formula is C13H16O4S. The Bertz CT molecular complexity index is 417. The van der Waals surface area contributed by atoms with Gasteiger partial charge in [-0.05, 0) is 11.1 Å². The molecule has 0 aromatic heterocycles. The molecule has 0 spiro atoms. The Morgan fingerprint density at radius 3 is 2.56 bits per heavy atom. The molecule has 0 bridgehead atoms. The van der Waals surface area contributed by atoms with Crippen molar-refractivity contribution in [2.45, 2.75) is 18.6 Å². The summed E-state index contributed by atoms with van der Waals surface area (Å²) in [4.78, 5) is 21.6. The molecule has 0 aliphatic rings. The number of hydrogen-bond acceptors (Lipinski definition) is 4. The summed E-state index contributed by atoms with van der Waals surface area (Å²) in [7, 11) is 1.37. The molecule has 0 heterocycles. The minimum absolute atomic E-state index is 0.0355. The van der Waals surface area contributed by atoms with E-state index >= 15 is 0 Å². The molecule has 0 aliphatic carbocycles. The fraction of sp³-hybridized carbons (Fsp3) is 0.385. The zero-order valence-electron chi connectivity index (χ0n) is 10.2. The summed E-state index contributed by atoms with van der Waals surface area (Å²) in [6, 6.07) is 7.47. The van der Waals surface area contributed by atoms with Gasteiger partial charge in [0.1, 0.15) is 0 Å². The highest BCUT2D eigenvalue weighted by atomic mass is 32.2. The molecule has 4 nitrogen and oxygen atoms in total. The molecule has 1 N–H and O–H groups in total. The number of carboxylic acid groups (broad SMARTS) is 1. The van der Waals surface area contributed by atoms with Crippen LogP contribution in [0, 0.1) is 0 Å². The number of ether oxygens (including phenoxy) is 1. The van der Waals surface area contributed by atoms with Crippen LogP contribution in [0.2, 0.25) is 0 Å². The van der Waals surface area contributed by atoms with Gasteiger partial charge in [0.2, 0.25) is 0 Å². The average Bonchev–Trinajstić information content (AvgIpc) is 2.35. The molecule has 1 aromatic rings. The Morgan fingerprint density at radius 1 is 1.28 bits per heavy atom. The van der Waals surface area contributed by atoms with E-state index in [1.165, 1.54) is 7.11 Å². The second-order valence-electron chi connectivity index (χ2n) is 3.72. The van der Waals surface area contributed by atoms with Gasteiger partial charge < -0.3 is 9.84 Å². The summed E-state index contributed by atoms with van der Waals surface area (Å²) in [5.41, 5.74) is 1.84. The van der Waals surface area contributed by atoms with Crippen LogP contribution in [0.25, 0.3) is 0 Å². The second kappa shape index (κ2) is 7.76. The molecule has 0 amide bonds. The number of esters is 1. The fourth-order valence-corrected chi connectivity index (χ4v) is 2.43. The first-order valence-corrected chi connectivity index (χ1v) is 6.72. The molecule has 0 saturated carbocycles. The quantitative estimate of drug-likeness (QED) is 0.606. The van der Waals surface area contributed by atoms with Crippen LogP contribution >= 0.6 is 11.8 Å². The summed E-state index contributed by atoms with van der Waals surface area (Å²) in [5, 5.41) is 8.80. The number of rotatable bonds is 7. The Hall–Kier alpha value is -1.49. The van der Waals surface area contributed by atoms with Crippen LogP contribution in [0.1, 0.15) is 17.5 Å². The highest BCUT2D eigenvalue weighted by Crippen LogP contribution is 2.18. The van der Waals surface area contributed by atoms with Gasteiger partial charge in [-0.1, -0.05) is 24.3 Å². The molecule has 0 saturated heterocycles. The van der Waals surface area contributed by atoms with Gasteiger partial charge in [-0.25, -0.2) is 0 Å². The number of carbonyl (C=O) groups is 2. The number of thioether (sulfide) groups is 1. The lowest BCUT2D eigenvalue weighted by Crippen LogP contribution is -2.04. The highest BCUT2D eigenvalue weighted by Gasteiger charge is 2.06. The fourth-order valence-electron chi connectivity index (χ4n) is 1.47. The Labute approximate surface area is 110 Å². The van der Waals surface area contributed by atoms with Crippen molar-refractivity contribution in [3.63, 3.8) is 0 Å². The predicted molar refractivity (Wildman–Crippen MR) is 70.6 cm³/mol. The van der Waals surface area contributed by atoms with Gasteiger partial charge in [0.15, 0.2) is 0 Å². The van der Waals surface area contributed by atoms with Crippen LogP contribution < -0.4 is 0 Å². The van der Waals surface area contributed by atoms with Crippen molar-refractivity contribution < 1.29 is 19.4 Å². The zero-order valence-corrected chi connectivity index (χ0v) is 11.0. The number of hydrogen-bond donors (Lipinski definition) is 1. The van der Waals surface area contributed by atoms with E-state index in [0.717, 1.165) is 11.1 Å². The van der Waals surface area contributed by atoms with Crippen LogP contribution in [0.4, 0.5) is 0 Å². The maximum atomic E-state index is 10.9. The standard InChI is InChI=1S/C13H16O4S/c1-17-13(16)6-7-18-9-11-5-3-2-4-10(11)8-12(14)15/h2-5H,6-9H2,1H3,(H,14,15). The van der Waals surface area contributed by atoms with Crippen molar-refractivity contribution in [1.29, 1.82) is 0 Å². The van der Waals surface area contributed by atoms with E-state index in [2.05, 4.69) is 4.74 Å². The van der Waals surface area contributed by atoms with E-state index in [4.69, 9.17) is 5.11 Å². The van der Waals surface area contributed by atoms with Gasteiger partial charge in [-0.3, -0.25) is 9.59 Å². The summed E-state index contributed by atoms with van der Waals surface area (Å²) < 4.78 is 4.55. The molecule has 0 atom stereocenters. The Kier molecular flexibility index (Phi) is 6.28. The topological polar surface area (TPSA) is 63.6 Å². The normalized spacial score (nSPS) is 10.1. The van der Waals surface area contributed by atoms with E-state index in [1.54, 1.807) is 11.8 Å². The number of benzene rings is 1. The minimum atomic E-state index is -0.831. The summed E-state index contributed by atoms with van der Waals surface area (Å²) in [5.74, 6) is 0.331. The first-order chi connectivity index (χ1) is 8.63. The lowest BCUT2D eigenvalue weighted by Gasteiger charge is -2.07. The monoisotopic (exact) mass is 268 g/mol. The summed E-state index contributed by atoms with van der Waals surface area (Å²) in [6.45, 7) is 0. The van der Waals surface area contributed by atoms with Crippen LogP contribution in [0.5, 0.6) is 0 Å². The van der Waals surface area contributed by atoms with Crippen LogP contribution in [-0.2, 0) is 26.5 Å².